The summed E-state index contributed by atoms with van der Waals surface area (Å²) >= 11 is 0. The van der Waals surface area contributed by atoms with Crippen LogP contribution in [0.1, 0.15) is 213 Å². The van der Waals surface area contributed by atoms with E-state index in [4.69, 9.17) is 14.2 Å². The Morgan fingerprint density at radius 2 is 0.702 bits per heavy atom. The first-order valence-corrected chi connectivity index (χ1v) is 23.5. The number of rotatable bonds is 41. The van der Waals surface area contributed by atoms with E-state index in [1.165, 1.54) is 89.9 Å². The van der Waals surface area contributed by atoms with E-state index < -0.39 is 6.10 Å². The molecule has 0 aromatic heterocycles. The summed E-state index contributed by atoms with van der Waals surface area (Å²) in [5, 5.41) is 0. The van der Waals surface area contributed by atoms with E-state index in [0.717, 1.165) is 83.5 Å². The van der Waals surface area contributed by atoms with Gasteiger partial charge in [-0.2, -0.15) is 0 Å². The van der Waals surface area contributed by atoms with Gasteiger partial charge in [-0.15, -0.1) is 0 Å². The van der Waals surface area contributed by atoms with Crippen LogP contribution in [-0.2, 0) is 28.6 Å². The van der Waals surface area contributed by atoms with Gasteiger partial charge < -0.3 is 14.2 Å². The van der Waals surface area contributed by atoms with Gasteiger partial charge in [0.2, 0.25) is 0 Å². The zero-order valence-corrected chi connectivity index (χ0v) is 37.1. The number of carbonyl (C=O) groups excluding carboxylic acids is 3. The summed E-state index contributed by atoms with van der Waals surface area (Å²) in [5.74, 6) is -0.947. The predicted molar refractivity (Wildman–Crippen MR) is 242 cm³/mol. The molecule has 0 fully saturated rings. The van der Waals surface area contributed by atoms with E-state index in [1.54, 1.807) is 0 Å². The zero-order chi connectivity index (χ0) is 41.5. The topological polar surface area (TPSA) is 78.9 Å². The molecule has 0 heterocycles. The Bertz CT molecular complexity index is 1100. The normalized spacial score (nSPS) is 12.7. The van der Waals surface area contributed by atoms with E-state index in [1.807, 2.05) is 48.6 Å². The van der Waals surface area contributed by atoms with Crippen molar-refractivity contribution in [2.75, 3.05) is 13.2 Å². The second kappa shape index (κ2) is 45.6. The minimum absolute atomic E-state index is 0.0916. The van der Waals surface area contributed by atoms with Crippen molar-refractivity contribution in [3.8, 4) is 0 Å². The predicted octanol–water partition coefficient (Wildman–Crippen LogP) is 15.1. The number of allylic oxidation sites excluding steroid dienone is 12. The fourth-order valence-electron chi connectivity index (χ4n) is 6.28. The van der Waals surface area contributed by atoms with Gasteiger partial charge in [0.15, 0.2) is 6.10 Å². The molecule has 0 aliphatic carbocycles. The van der Waals surface area contributed by atoms with Crippen molar-refractivity contribution >= 4 is 17.9 Å². The third-order valence-electron chi connectivity index (χ3n) is 9.82. The highest BCUT2D eigenvalue weighted by Crippen LogP contribution is 2.14. The van der Waals surface area contributed by atoms with Crippen LogP contribution in [0.25, 0.3) is 0 Å². The monoisotopic (exact) mass is 795 g/mol. The van der Waals surface area contributed by atoms with Crippen LogP contribution in [0.5, 0.6) is 0 Å². The van der Waals surface area contributed by atoms with Crippen molar-refractivity contribution in [1.82, 2.24) is 0 Å². The summed E-state index contributed by atoms with van der Waals surface area (Å²) < 4.78 is 16.7. The quantitative estimate of drug-likeness (QED) is 0.0202. The molecule has 0 radical (unpaired) electrons. The summed E-state index contributed by atoms with van der Waals surface area (Å²) in [5.41, 5.74) is 0. The van der Waals surface area contributed by atoms with Gasteiger partial charge in [-0.05, 0) is 64.2 Å². The number of hydrogen-bond acceptors (Lipinski definition) is 6. The molecule has 57 heavy (non-hydrogen) atoms. The van der Waals surface area contributed by atoms with Gasteiger partial charge in [0.05, 0.1) is 0 Å². The molecule has 0 saturated carbocycles. The molecule has 0 aromatic rings. The van der Waals surface area contributed by atoms with Gasteiger partial charge in [-0.3, -0.25) is 14.4 Å². The molecule has 0 aliphatic rings. The van der Waals surface area contributed by atoms with Crippen LogP contribution in [0.3, 0.4) is 0 Å². The Morgan fingerprint density at radius 1 is 0.368 bits per heavy atom. The number of hydrogen-bond donors (Lipinski definition) is 0. The summed E-state index contributed by atoms with van der Waals surface area (Å²) in [6.07, 6.45) is 55.9. The van der Waals surface area contributed by atoms with Crippen LogP contribution in [-0.4, -0.2) is 37.2 Å². The number of unbranched alkanes of at least 4 members (excludes halogenated alkanes) is 22. The summed E-state index contributed by atoms with van der Waals surface area (Å²) in [7, 11) is 0. The van der Waals surface area contributed by atoms with Crippen molar-refractivity contribution in [3.63, 3.8) is 0 Å². The average Bonchev–Trinajstić information content (AvgIpc) is 3.21. The van der Waals surface area contributed by atoms with E-state index in [2.05, 4.69) is 45.1 Å². The third-order valence-corrected chi connectivity index (χ3v) is 9.82. The zero-order valence-electron chi connectivity index (χ0n) is 37.1. The molecule has 0 bridgehead atoms. The minimum atomic E-state index is -0.793. The molecule has 6 heteroatoms. The van der Waals surface area contributed by atoms with Crippen LogP contribution in [0.2, 0.25) is 0 Å². The van der Waals surface area contributed by atoms with E-state index in [0.29, 0.717) is 19.3 Å². The van der Waals surface area contributed by atoms with E-state index in [-0.39, 0.29) is 31.1 Å². The lowest BCUT2D eigenvalue weighted by Gasteiger charge is -2.18. The second-order valence-electron chi connectivity index (χ2n) is 15.4. The molecule has 326 valence electrons. The van der Waals surface area contributed by atoms with Crippen molar-refractivity contribution in [2.24, 2.45) is 0 Å². The molecule has 6 nitrogen and oxygen atoms in total. The summed E-state index contributed by atoms with van der Waals surface area (Å²) in [4.78, 5) is 37.8. The first-order chi connectivity index (χ1) is 28.0. The highest BCUT2D eigenvalue weighted by Gasteiger charge is 2.19. The minimum Gasteiger partial charge on any atom is -0.462 e. The highest BCUT2D eigenvalue weighted by atomic mass is 16.6. The van der Waals surface area contributed by atoms with Crippen LogP contribution in [0.15, 0.2) is 72.9 Å². The lowest BCUT2D eigenvalue weighted by Crippen LogP contribution is -2.30. The van der Waals surface area contributed by atoms with Gasteiger partial charge in [0.25, 0.3) is 0 Å². The van der Waals surface area contributed by atoms with Crippen molar-refractivity contribution in [2.45, 2.75) is 219 Å². The highest BCUT2D eigenvalue weighted by molar-refractivity contribution is 5.71. The Morgan fingerprint density at radius 3 is 1.18 bits per heavy atom. The van der Waals surface area contributed by atoms with Gasteiger partial charge in [-0.1, -0.05) is 203 Å². The fraction of sp³-hybridized carbons (Fsp3) is 0.706. The number of ether oxygens (including phenoxy) is 3. The number of esters is 3. The molecule has 0 amide bonds. The Labute approximate surface area is 351 Å². The molecule has 0 rings (SSSR count). The molecular formula is C51H86O6. The molecule has 0 spiro atoms. The third kappa shape index (κ3) is 43.8. The average molecular weight is 795 g/mol. The molecule has 0 aliphatic heterocycles. The first-order valence-electron chi connectivity index (χ1n) is 23.5. The molecule has 0 N–H and O–H groups in total. The van der Waals surface area contributed by atoms with Gasteiger partial charge >= 0.3 is 17.9 Å². The van der Waals surface area contributed by atoms with Crippen LogP contribution in [0, 0.1) is 0 Å². The van der Waals surface area contributed by atoms with Gasteiger partial charge in [0.1, 0.15) is 13.2 Å². The maximum atomic E-state index is 12.7. The van der Waals surface area contributed by atoms with Crippen molar-refractivity contribution in [3.05, 3.63) is 72.9 Å². The standard InChI is InChI=1S/C51H86O6/c1-4-7-10-13-16-19-22-25-26-27-30-32-35-38-41-44-50(53)56-47-48(57-51(54)45-42-39-36-33-29-24-21-18-15-12-9-6-3)46-55-49(52)43-40-37-34-31-28-23-20-17-14-11-8-5-2/h7,10,13,16,18-19,21-22,25-27,30,48H,4-6,8-9,11-12,14-15,17,20,23-24,28-29,31-47H2,1-3H3/b10-7-,16-13-,21-18-,22-19-,26-25-,30-27-. The van der Waals surface area contributed by atoms with E-state index >= 15 is 0 Å². The summed E-state index contributed by atoms with van der Waals surface area (Å²) in [6.45, 7) is 6.41. The molecule has 0 saturated heterocycles. The lowest BCUT2D eigenvalue weighted by molar-refractivity contribution is -0.167. The maximum absolute atomic E-state index is 12.7. The lowest BCUT2D eigenvalue weighted by atomic mass is 10.0. The van der Waals surface area contributed by atoms with Gasteiger partial charge in [0, 0.05) is 19.3 Å². The SMILES string of the molecule is CC\C=C/C=C\C=C/C=C\C=C/CCCCCC(=O)OCC(COC(=O)CCCCCCCCCCCCCC)OC(=O)CCCCCCC/C=C\CCCCC. The smallest absolute Gasteiger partial charge is 0.306 e. The van der Waals surface area contributed by atoms with Crippen LogP contribution in [0.4, 0.5) is 0 Å². The van der Waals surface area contributed by atoms with E-state index in [9.17, 15) is 14.4 Å². The molecule has 1 atom stereocenters. The molecule has 1 unspecified atom stereocenters. The van der Waals surface area contributed by atoms with Crippen LogP contribution >= 0.6 is 0 Å². The molecular weight excluding hydrogens is 709 g/mol. The number of carbonyl (C=O) groups is 3. The second-order valence-corrected chi connectivity index (χ2v) is 15.4. The molecule has 0 aromatic carbocycles. The Kier molecular flexibility index (Phi) is 43.0. The Balaban J connectivity index is 4.47. The first kappa shape index (κ1) is 53.9. The van der Waals surface area contributed by atoms with Crippen molar-refractivity contribution < 1.29 is 28.6 Å². The maximum Gasteiger partial charge on any atom is 0.306 e. The van der Waals surface area contributed by atoms with Crippen molar-refractivity contribution in [1.29, 1.82) is 0 Å². The largest absolute Gasteiger partial charge is 0.462 e. The summed E-state index contributed by atoms with van der Waals surface area (Å²) in [6, 6.07) is 0. The Hall–Kier alpha value is -3.15. The van der Waals surface area contributed by atoms with Gasteiger partial charge in [-0.25, -0.2) is 0 Å². The van der Waals surface area contributed by atoms with Crippen LogP contribution < -0.4 is 0 Å². The fourth-order valence-corrected chi connectivity index (χ4v) is 6.28.